The van der Waals surface area contributed by atoms with E-state index in [9.17, 15) is 9.59 Å². The van der Waals surface area contributed by atoms with Gasteiger partial charge in [0.25, 0.3) is 0 Å². The molecule has 0 aromatic heterocycles. The largest absolute Gasteiger partial charge is 0.456 e. The number of aldehydes is 2. The molecule has 0 heterocycles. The van der Waals surface area contributed by atoms with Crippen LogP contribution in [0.3, 0.4) is 0 Å². The van der Waals surface area contributed by atoms with Gasteiger partial charge in [-0.15, -0.1) is 0 Å². The molecule has 4 aromatic rings. The molecule has 4 aromatic carbocycles. The SMILES string of the molecule is O=Cc1ccc(Oc2ccc(C=O)c3ccccc23)c2ccccc12. The fourth-order valence-corrected chi connectivity index (χ4v) is 3.09. The lowest BCUT2D eigenvalue weighted by Gasteiger charge is -2.13. The Hall–Kier alpha value is -3.46. The zero-order chi connectivity index (χ0) is 17.2. The second-order valence-corrected chi connectivity index (χ2v) is 5.73. The molecule has 3 heteroatoms. The van der Waals surface area contributed by atoms with Crippen molar-refractivity contribution in [2.24, 2.45) is 0 Å². The van der Waals surface area contributed by atoms with Crippen molar-refractivity contribution in [3.05, 3.63) is 83.9 Å². The van der Waals surface area contributed by atoms with Gasteiger partial charge >= 0.3 is 0 Å². The maximum atomic E-state index is 11.3. The van der Waals surface area contributed by atoms with E-state index < -0.39 is 0 Å². The lowest BCUT2D eigenvalue weighted by Crippen LogP contribution is -1.92. The first-order chi connectivity index (χ1) is 12.3. The lowest BCUT2D eigenvalue weighted by atomic mass is 10.0. The highest BCUT2D eigenvalue weighted by atomic mass is 16.5. The Bertz CT molecular complexity index is 1020. The molecule has 3 nitrogen and oxygen atoms in total. The van der Waals surface area contributed by atoms with E-state index in [1.807, 2.05) is 48.5 Å². The topological polar surface area (TPSA) is 43.4 Å². The predicted molar refractivity (Wildman–Crippen MR) is 98.7 cm³/mol. The molecule has 0 aliphatic rings. The van der Waals surface area contributed by atoms with E-state index in [2.05, 4.69) is 0 Å². The van der Waals surface area contributed by atoms with Crippen molar-refractivity contribution in [3.63, 3.8) is 0 Å². The van der Waals surface area contributed by atoms with Gasteiger partial charge < -0.3 is 4.74 Å². The number of fused-ring (bicyclic) bond motifs is 2. The van der Waals surface area contributed by atoms with Crippen LogP contribution in [0.2, 0.25) is 0 Å². The average molecular weight is 326 g/mol. The summed E-state index contributed by atoms with van der Waals surface area (Å²) in [7, 11) is 0. The van der Waals surface area contributed by atoms with Gasteiger partial charge in [-0.3, -0.25) is 9.59 Å². The Balaban J connectivity index is 1.90. The van der Waals surface area contributed by atoms with Gasteiger partial charge in [0.05, 0.1) is 0 Å². The molecule has 0 aliphatic carbocycles. The molecular weight excluding hydrogens is 312 g/mol. The van der Waals surface area contributed by atoms with Crippen LogP contribution < -0.4 is 4.74 Å². The number of carbonyl (C=O) groups is 2. The van der Waals surface area contributed by atoms with E-state index in [-0.39, 0.29) is 0 Å². The molecule has 0 atom stereocenters. The van der Waals surface area contributed by atoms with Crippen LogP contribution in [-0.2, 0) is 0 Å². The molecule has 4 rings (SSSR count). The van der Waals surface area contributed by atoms with Crippen LogP contribution in [0.25, 0.3) is 21.5 Å². The first-order valence-electron chi connectivity index (χ1n) is 7.93. The minimum Gasteiger partial charge on any atom is -0.456 e. The van der Waals surface area contributed by atoms with Gasteiger partial charge in [-0.2, -0.15) is 0 Å². The minimum absolute atomic E-state index is 0.629. The molecule has 0 saturated carbocycles. The van der Waals surface area contributed by atoms with Crippen LogP contribution in [0.4, 0.5) is 0 Å². The van der Waals surface area contributed by atoms with Crippen molar-refractivity contribution in [3.8, 4) is 11.5 Å². The molecule has 0 unspecified atom stereocenters. The van der Waals surface area contributed by atoms with Gasteiger partial charge in [0, 0.05) is 21.9 Å². The molecule has 0 radical (unpaired) electrons. The summed E-state index contributed by atoms with van der Waals surface area (Å²) in [6.45, 7) is 0. The van der Waals surface area contributed by atoms with E-state index in [1.165, 1.54) is 0 Å². The summed E-state index contributed by atoms with van der Waals surface area (Å²) in [5.74, 6) is 1.34. The fourth-order valence-electron chi connectivity index (χ4n) is 3.09. The average Bonchev–Trinajstić information content (AvgIpc) is 2.68. The summed E-state index contributed by atoms with van der Waals surface area (Å²) >= 11 is 0. The van der Waals surface area contributed by atoms with E-state index in [0.717, 1.165) is 34.1 Å². The Kier molecular flexibility index (Phi) is 3.75. The van der Waals surface area contributed by atoms with Crippen molar-refractivity contribution in [1.82, 2.24) is 0 Å². The summed E-state index contributed by atoms with van der Waals surface area (Å²) < 4.78 is 6.17. The van der Waals surface area contributed by atoms with Gasteiger partial charge in [-0.25, -0.2) is 0 Å². The van der Waals surface area contributed by atoms with E-state index in [1.54, 1.807) is 24.3 Å². The molecule has 0 bridgehead atoms. The van der Waals surface area contributed by atoms with Crippen molar-refractivity contribution < 1.29 is 14.3 Å². The zero-order valence-electron chi connectivity index (χ0n) is 13.3. The predicted octanol–water partition coefficient (Wildman–Crippen LogP) is 5.41. The number of hydrogen-bond donors (Lipinski definition) is 0. The van der Waals surface area contributed by atoms with Crippen molar-refractivity contribution in [2.75, 3.05) is 0 Å². The highest BCUT2D eigenvalue weighted by Gasteiger charge is 2.10. The highest BCUT2D eigenvalue weighted by Crippen LogP contribution is 2.35. The van der Waals surface area contributed by atoms with E-state index in [4.69, 9.17) is 4.74 Å². The highest BCUT2D eigenvalue weighted by molar-refractivity contribution is 6.03. The molecule has 0 spiro atoms. The quantitative estimate of drug-likeness (QED) is 0.471. The third-order valence-corrected chi connectivity index (χ3v) is 4.31. The van der Waals surface area contributed by atoms with Crippen LogP contribution >= 0.6 is 0 Å². The van der Waals surface area contributed by atoms with Gasteiger partial charge in [0.1, 0.15) is 11.5 Å². The summed E-state index contributed by atoms with van der Waals surface area (Å²) in [5.41, 5.74) is 1.26. The van der Waals surface area contributed by atoms with E-state index >= 15 is 0 Å². The van der Waals surface area contributed by atoms with Gasteiger partial charge in [0.15, 0.2) is 12.6 Å². The molecule has 25 heavy (non-hydrogen) atoms. The summed E-state index contributed by atoms with van der Waals surface area (Å²) in [6.07, 6.45) is 1.70. The monoisotopic (exact) mass is 326 g/mol. The summed E-state index contributed by atoms with van der Waals surface area (Å²) in [6, 6.07) is 22.4. The standard InChI is InChI=1S/C22H14O3/c23-13-15-9-11-21(19-7-3-1-5-17(15)19)25-22-12-10-16(14-24)18-6-2-4-8-20(18)22/h1-14H. The number of ether oxygens (including phenoxy) is 1. The van der Waals surface area contributed by atoms with Crippen molar-refractivity contribution >= 4 is 34.1 Å². The second kappa shape index (κ2) is 6.21. The fraction of sp³-hybridized carbons (Fsp3) is 0. The third kappa shape index (κ3) is 2.56. The molecule has 0 saturated heterocycles. The first-order valence-corrected chi connectivity index (χ1v) is 7.93. The van der Waals surface area contributed by atoms with Crippen LogP contribution in [0.15, 0.2) is 72.8 Å². The maximum absolute atomic E-state index is 11.3. The van der Waals surface area contributed by atoms with E-state index in [0.29, 0.717) is 22.6 Å². The van der Waals surface area contributed by atoms with Gasteiger partial charge in [-0.1, -0.05) is 48.5 Å². The number of carbonyl (C=O) groups excluding carboxylic acids is 2. The number of hydrogen-bond acceptors (Lipinski definition) is 3. The normalized spacial score (nSPS) is 10.7. The van der Waals surface area contributed by atoms with Crippen LogP contribution in [0, 0.1) is 0 Å². The molecule has 0 N–H and O–H groups in total. The lowest BCUT2D eigenvalue weighted by molar-refractivity contribution is 0.111. The zero-order valence-corrected chi connectivity index (χ0v) is 13.3. The van der Waals surface area contributed by atoms with Gasteiger partial charge in [-0.05, 0) is 35.0 Å². The summed E-state index contributed by atoms with van der Waals surface area (Å²) in [5, 5.41) is 3.44. The Labute approximate surface area is 144 Å². The van der Waals surface area contributed by atoms with Crippen molar-refractivity contribution in [1.29, 1.82) is 0 Å². The Morgan fingerprint density at radius 1 is 0.520 bits per heavy atom. The summed E-state index contributed by atoms with van der Waals surface area (Å²) in [4.78, 5) is 22.5. The first kappa shape index (κ1) is 15.1. The van der Waals surface area contributed by atoms with Crippen LogP contribution in [-0.4, -0.2) is 12.6 Å². The van der Waals surface area contributed by atoms with Gasteiger partial charge in [0.2, 0.25) is 0 Å². The molecule has 120 valence electrons. The molecular formula is C22H14O3. The van der Waals surface area contributed by atoms with Crippen LogP contribution in [0.5, 0.6) is 11.5 Å². The third-order valence-electron chi connectivity index (χ3n) is 4.31. The smallest absolute Gasteiger partial charge is 0.150 e. The van der Waals surface area contributed by atoms with Crippen LogP contribution in [0.1, 0.15) is 20.7 Å². The Morgan fingerprint density at radius 3 is 1.32 bits per heavy atom. The molecule has 0 aliphatic heterocycles. The second-order valence-electron chi connectivity index (χ2n) is 5.73. The number of benzene rings is 4. The maximum Gasteiger partial charge on any atom is 0.150 e. The molecule has 0 amide bonds. The minimum atomic E-state index is 0.629. The molecule has 0 fully saturated rings. The number of rotatable bonds is 4. The Morgan fingerprint density at radius 2 is 0.920 bits per heavy atom. The van der Waals surface area contributed by atoms with Crippen molar-refractivity contribution in [2.45, 2.75) is 0 Å².